The number of aromatic nitrogens is 2. The third kappa shape index (κ3) is 3.10. The molecule has 1 aliphatic rings. The Labute approximate surface area is 136 Å². The van der Waals surface area contributed by atoms with E-state index in [-0.39, 0.29) is 11.8 Å². The molecule has 1 aromatic carbocycles. The molecule has 1 aromatic heterocycles. The van der Waals surface area contributed by atoms with Gasteiger partial charge in [-0.25, -0.2) is 0 Å². The fourth-order valence-electron chi connectivity index (χ4n) is 2.16. The molecule has 114 valence electrons. The molecule has 1 saturated heterocycles. The molecule has 1 aliphatic heterocycles. The van der Waals surface area contributed by atoms with E-state index in [1.165, 1.54) is 6.20 Å². The summed E-state index contributed by atoms with van der Waals surface area (Å²) in [6.45, 7) is 0. The van der Waals surface area contributed by atoms with Crippen LogP contribution in [0.15, 0.2) is 36.7 Å². The van der Waals surface area contributed by atoms with E-state index < -0.39 is 6.04 Å². The Morgan fingerprint density at radius 1 is 1.36 bits per heavy atom. The van der Waals surface area contributed by atoms with Crippen molar-refractivity contribution < 1.29 is 9.59 Å². The van der Waals surface area contributed by atoms with Gasteiger partial charge in [-0.2, -0.15) is 5.10 Å². The van der Waals surface area contributed by atoms with Crippen LogP contribution in [0.25, 0.3) is 0 Å². The van der Waals surface area contributed by atoms with Crippen LogP contribution in [0.5, 0.6) is 0 Å². The van der Waals surface area contributed by atoms with Gasteiger partial charge < -0.3 is 10.2 Å². The topological polar surface area (TPSA) is 78.1 Å². The standard InChI is InChI=1S/C14H13ClN4O2S/c15-10-3-1-9(2-4-10)14(21)19-8-22-7-12(19)13(20)18-11-5-16-17-6-11/h1-6,12H,7-8H2,(H,16,17)(H,18,20)/t12-/m1/s1. The quantitative estimate of drug-likeness (QED) is 0.901. The number of carbonyl (C=O) groups excluding carboxylic acids is 2. The molecular weight excluding hydrogens is 324 g/mol. The van der Waals surface area contributed by atoms with E-state index in [4.69, 9.17) is 11.6 Å². The number of nitrogens with zero attached hydrogens (tertiary/aromatic N) is 2. The molecule has 0 aliphatic carbocycles. The maximum absolute atomic E-state index is 12.5. The molecule has 2 aromatic rings. The van der Waals surface area contributed by atoms with Crippen LogP contribution in [-0.2, 0) is 4.79 Å². The van der Waals surface area contributed by atoms with Gasteiger partial charge in [-0.1, -0.05) is 11.6 Å². The van der Waals surface area contributed by atoms with Crippen LogP contribution in [0, 0.1) is 0 Å². The van der Waals surface area contributed by atoms with Crippen molar-refractivity contribution >= 4 is 40.9 Å². The van der Waals surface area contributed by atoms with Gasteiger partial charge in [-0.3, -0.25) is 14.7 Å². The highest BCUT2D eigenvalue weighted by atomic mass is 35.5. The highest BCUT2D eigenvalue weighted by Gasteiger charge is 2.35. The van der Waals surface area contributed by atoms with Crippen molar-refractivity contribution in [1.82, 2.24) is 15.1 Å². The number of thioether (sulfide) groups is 1. The molecule has 8 heteroatoms. The number of H-pyrrole nitrogens is 1. The summed E-state index contributed by atoms with van der Waals surface area (Å²) in [5.74, 6) is 0.677. The Bertz CT molecular complexity index is 675. The highest BCUT2D eigenvalue weighted by molar-refractivity contribution is 7.99. The number of rotatable bonds is 3. The SMILES string of the molecule is O=C(Nc1cn[nH]c1)[C@H]1CSCN1C(=O)c1ccc(Cl)cc1. The second kappa shape index (κ2) is 6.41. The van der Waals surface area contributed by atoms with Gasteiger partial charge in [0.1, 0.15) is 6.04 Å². The Hall–Kier alpha value is -1.99. The molecule has 0 bridgehead atoms. The molecule has 0 unspecified atom stereocenters. The predicted octanol–water partition coefficient (Wildman–Crippen LogP) is 2.22. The van der Waals surface area contributed by atoms with E-state index in [2.05, 4.69) is 15.5 Å². The Kier molecular flexibility index (Phi) is 4.35. The lowest BCUT2D eigenvalue weighted by Gasteiger charge is -2.22. The number of halogens is 1. The lowest BCUT2D eigenvalue weighted by atomic mass is 10.1. The van der Waals surface area contributed by atoms with Crippen molar-refractivity contribution in [3.63, 3.8) is 0 Å². The number of benzene rings is 1. The van der Waals surface area contributed by atoms with Gasteiger partial charge in [0, 0.05) is 22.5 Å². The van der Waals surface area contributed by atoms with Gasteiger partial charge >= 0.3 is 0 Å². The largest absolute Gasteiger partial charge is 0.322 e. The van der Waals surface area contributed by atoms with E-state index in [1.54, 1.807) is 47.1 Å². The van der Waals surface area contributed by atoms with E-state index >= 15 is 0 Å². The van der Waals surface area contributed by atoms with Crippen LogP contribution in [0.4, 0.5) is 5.69 Å². The molecule has 0 radical (unpaired) electrons. The normalized spacial score (nSPS) is 17.5. The molecule has 0 spiro atoms. The summed E-state index contributed by atoms with van der Waals surface area (Å²) in [5, 5.41) is 9.72. The lowest BCUT2D eigenvalue weighted by Crippen LogP contribution is -2.44. The molecular formula is C14H13ClN4O2S. The van der Waals surface area contributed by atoms with Crippen LogP contribution in [-0.4, -0.2) is 44.6 Å². The van der Waals surface area contributed by atoms with Gasteiger partial charge in [0.25, 0.3) is 5.91 Å². The van der Waals surface area contributed by atoms with Crippen LogP contribution >= 0.6 is 23.4 Å². The molecule has 1 fully saturated rings. The van der Waals surface area contributed by atoms with E-state index in [1.807, 2.05) is 0 Å². The van der Waals surface area contributed by atoms with Crippen molar-refractivity contribution in [2.45, 2.75) is 6.04 Å². The maximum Gasteiger partial charge on any atom is 0.255 e. The first-order valence-corrected chi connectivity index (χ1v) is 8.12. The second-order valence-corrected chi connectivity index (χ2v) is 6.21. The molecule has 6 nitrogen and oxygen atoms in total. The second-order valence-electron chi connectivity index (χ2n) is 4.77. The van der Waals surface area contributed by atoms with Gasteiger partial charge in [-0.15, -0.1) is 11.8 Å². The fraction of sp³-hybridized carbons (Fsp3) is 0.214. The summed E-state index contributed by atoms with van der Waals surface area (Å²) in [6.07, 6.45) is 3.11. The van der Waals surface area contributed by atoms with E-state index in [9.17, 15) is 9.59 Å². The fourth-order valence-corrected chi connectivity index (χ4v) is 3.44. The number of hydrogen-bond donors (Lipinski definition) is 2. The number of hydrogen-bond acceptors (Lipinski definition) is 4. The minimum absolute atomic E-state index is 0.172. The van der Waals surface area contributed by atoms with Gasteiger partial charge in [0.05, 0.1) is 17.8 Å². The molecule has 2 amide bonds. The van der Waals surface area contributed by atoms with Crippen molar-refractivity contribution in [3.8, 4) is 0 Å². The van der Waals surface area contributed by atoms with E-state index in [0.717, 1.165) is 0 Å². The average Bonchev–Trinajstić information content (AvgIpc) is 3.18. The van der Waals surface area contributed by atoms with Crippen LogP contribution in [0.1, 0.15) is 10.4 Å². The number of nitrogens with one attached hydrogen (secondary N) is 2. The van der Waals surface area contributed by atoms with Gasteiger partial charge in [0.15, 0.2) is 0 Å². The summed E-state index contributed by atoms with van der Waals surface area (Å²) in [4.78, 5) is 26.5. The summed E-state index contributed by atoms with van der Waals surface area (Å²) in [6, 6.07) is 6.16. The summed E-state index contributed by atoms with van der Waals surface area (Å²) >= 11 is 7.38. The molecule has 2 heterocycles. The zero-order valence-corrected chi connectivity index (χ0v) is 13.0. The van der Waals surface area contributed by atoms with Gasteiger partial charge in [0.2, 0.25) is 5.91 Å². The maximum atomic E-state index is 12.5. The number of aromatic amines is 1. The zero-order chi connectivity index (χ0) is 15.5. The smallest absolute Gasteiger partial charge is 0.255 e. The Balaban J connectivity index is 1.73. The van der Waals surface area contributed by atoms with Crippen molar-refractivity contribution in [3.05, 3.63) is 47.2 Å². The highest BCUT2D eigenvalue weighted by Crippen LogP contribution is 2.24. The monoisotopic (exact) mass is 336 g/mol. The molecule has 1 atom stereocenters. The molecule has 3 rings (SSSR count). The van der Waals surface area contributed by atoms with Crippen molar-refractivity contribution in [2.24, 2.45) is 0 Å². The minimum atomic E-state index is -0.497. The average molecular weight is 337 g/mol. The first-order chi connectivity index (χ1) is 10.6. The predicted molar refractivity (Wildman–Crippen MR) is 86.0 cm³/mol. The first kappa shape index (κ1) is 14.9. The first-order valence-electron chi connectivity index (χ1n) is 6.59. The summed E-state index contributed by atoms with van der Waals surface area (Å²) < 4.78 is 0. The molecule has 2 N–H and O–H groups in total. The number of anilines is 1. The van der Waals surface area contributed by atoms with Crippen LogP contribution in [0.2, 0.25) is 5.02 Å². The van der Waals surface area contributed by atoms with Crippen molar-refractivity contribution in [1.29, 1.82) is 0 Å². The van der Waals surface area contributed by atoms with Crippen LogP contribution in [0.3, 0.4) is 0 Å². The Morgan fingerprint density at radius 3 is 2.82 bits per heavy atom. The Morgan fingerprint density at radius 2 is 2.14 bits per heavy atom. The third-order valence-corrected chi connectivity index (χ3v) is 4.57. The molecule has 22 heavy (non-hydrogen) atoms. The zero-order valence-electron chi connectivity index (χ0n) is 11.5. The van der Waals surface area contributed by atoms with Crippen molar-refractivity contribution in [2.75, 3.05) is 16.9 Å². The summed E-state index contributed by atoms with van der Waals surface area (Å²) in [5.41, 5.74) is 1.11. The summed E-state index contributed by atoms with van der Waals surface area (Å²) in [7, 11) is 0. The third-order valence-electron chi connectivity index (χ3n) is 3.30. The van der Waals surface area contributed by atoms with Crippen LogP contribution < -0.4 is 5.32 Å². The number of amides is 2. The van der Waals surface area contributed by atoms with Gasteiger partial charge in [-0.05, 0) is 24.3 Å². The minimum Gasteiger partial charge on any atom is -0.322 e. The molecule has 0 saturated carbocycles. The lowest BCUT2D eigenvalue weighted by molar-refractivity contribution is -0.119. The van der Waals surface area contributed by atoms with E-state index in [0.29, 0.717) is 27.9 Å². The number of carbonyl (C=O) groups is 2.